The predicted octanol–water partition coefficient (Wildman–Crippen LogP) is 0.667. The van der Waals surface area contributed by atoms with Crippen molar-refractivity contribution in [1.82, 2.24) is 29.2 Å². The quantitative estimate of drug-likeness (QED) is 0.479. The summed E-state index contributed by atoms with van der Waals surface area (Å²) in [6.07, 6.45) is 2.51. The molecule has 1 N–H and O–H groups in total. The van der Waals surface area contributed by atoms with Gasteiger partial charge in [0.15, 0.2) is 0 Å². The second kappa shape index (κ2) is 8.75. The predicted molar refractivity (Wildman–Crippen MR) is 111 cm³/mol. The number of carbonyl (C=O) groups is 1. The van der Waals surface area contributed by atoms with E-state index in [0.29, 0.717) is 36.5 Å². The summed E-state index contributed by atoms with van der Waals surface area (Å²) in [4.78, 5) is 23.4. The number of sulfonamides is 1. The van der Waals surface area contributed by atoms with Gasteiger partial charge in [0.05, 0.1) is 29.3 Å². The van der Waals surface area contributed by atoms with Gasteiger partial charge in [-0.05, 0) is 33.6 Å². The van der Waals surface area contributed by atoms with Gasteiger partial charge in [0, 0.05) is 26.7 Å². The van der Waals surface area contributed by atoms with Crippen LogP contribution in [0.2, 0.25) is 0 Å². The van der Waals surface area contributed by atoms with Gasteiger partial charge >= 0.3 is 5.69 Å². The zero-order chi connectivity index (χ0) is 22.9. The number of nitrogens with zero attached hydrogens (tertiary/aromatic N) is 6. The lowest BCUT2D eigenvalue weighted by Gasteiger charge is -2.31. The first-order valence-corrected chi connectivity index (χ1v) is 11.4. The second-order valence-corrected chi connectivity index (χ2v) is 9.62. The highest BCUT2D eigenvalue weighted by Crippen LogP contribution is 2.25. The molecular formula is C18H27N7O5S. The molecule has 1 aliphatic heterocycles. The number of rotatable bonds is 7. The molecule has 12 nitrogen and oxygen atoms in total. The molecule has 0 unspecified atom stereocenters. The van der Waals surface area contributed by atoms with E-state index in [-0.39, 0.29) is 36.1 Å². The van der Waals surface area contributed by atoms with Crippen LogP contribution in [0.1, 0.15) is 29.9 Å². The zero-order valence-electron chi connectivity index (χ0n) is 18.0. The molecule has 170 valence electrons. The summed E-state index contributed by atoms with van der Waals surface area (Å²) >= 11 is 0. The number of piperidine rings is 1. The lowest BCUT2D eigenvalue weighted by Crippen LogP contribution is -2.45. The molecule has 0 aromatic carbocycles. The molecule has 31 heavy (non-hydrogen) atoms. The SMILES string of the molecule is Cc1nn(CCNC(=O)[C@@H]2CCCN(S(=O)(=O)c3cnn(C)c3C)C2)c(C)c1[N+](=O)[O-]. The van der Waals surface area contributed by atoms with E-state index in [1.165, 1.54) is 19.9 Å². The minimum atomic E-state index is -3.73. The van der Waals surface area contributed by atoms with Crippen molar-refractivity contribution in [3.8, 4) is 0 Å². The van der Waals surface area contributed by atoms with Gasteiger partial charge in [-0.25, -0.2) is 8.42 Å². The first-order valence-electron chi connectivity index (χ1n) is 9.99. The van der Waals surface area contributed by atoms with Gasteiger partial charge in [0.1, 0.15) is 16.3 Å². The van der Waals surface area contributed by atoms with Crippen LogP contribution in [0.25, 0.3) is 0 Å². The lowest BCUT2D eigenvalue weighted by atomic mass is 9.99. The smallest absolute Gasteiger partial charge is 0.312 e. The second-order valence-electron chi connectivity index (χ2n) is 7.71. The van der Waals surface area contributed by atoms with E-state index in [9.17, 15) is 23.3 Å². The van der Waals surface area contributed by atoms with Crippen LogP contribution in [0.5, 0.6) is 0 Å². The topological polar surface area (TPSA) is 145 Å². The molecule has 1 fully saturated rings. The number of aromatic nitrogens is 4. The Balaban J connectivity index is 1.61. The van der Waals surface area contributed by atoms with Gasteiger partial charge in [-0.1, -0.05) is 0 Å². The van der Waals surface area contributed by atoms with Crippen molar-refractivity contribution in [3.05, 3.63) is 33.4 Å². The van der Waals surface area contributed by atoms with E-state index in [2.05, 4.69) is 15.5 Å². The van der Waals surface area contributed by atoms with E-state index in [0.717, 1.165) is 0 Å². The fraction of sp³-hybridized carbons (Fsp3) is 0.611. The zero-order valence-corrected chi connectivity index (χ0v) is 18.8. The minimum absolute atomic E-state index is 0.0230. The number of amides is 1. The Morgan fingerprint density at radius 2 is 2.03 bits per heavy atom. The molecule has 2 aromatic rings. The fourth-order valence-corrected chi connectivity index (χ4v) is 5.55. The Hall–Kier alpha value is -2.80. The third-order valence-electron chi connectivity index (χ3n) is 5.71. The maximum Gasteiger partial charge on any atom is 0.312 e. The number of aryl methyl sites for hydroxylation is 2. The van der Waals surface area contributed by atoms with Crippen LogP contribution in [0.4, 0.5) is 5.69 Å². The lowest BCUT2D eigenvalue weighted by molar-refractivity contribution is -0.386. The van der Waals surface area contributed by atoms with E-state index in [1.54, 1.807) is 27.8 Å². The highest BCUT2D eigenvalue weighted by Gasteiger charge is 2.35. The van der Waals surface area contributed by atoms with E-state index < -0.39 is 20.9 Å². The number of carbonyl (C=O) groups excluding carboxylic acids is 1. The third kappa shape index (κ3) is 4.46. The van der Waals surface area contributed by atoms with Crippen LogP contribution in [0.3, 0.4) is 0 Å². The van der Waals surface area contributed by atoms with Crippen molar-refractivity contribution < 1.29 is 18.1 Å². The Bertz CT molecular complexity index is 1100. The number of nitrogens with one attached hydrogen (secondary N) is 1. The van der Waals surface area contributed by atoms with E-state index in [1.807, 2.05) is 0 Å². The average molecular weight is 454 g/mol. The molecule has 1 saturated heterocycles. The van der Waals surface area contributed by atoms with Gasteiger partial charge < -0.3 is 5.32 Å². The van der Waals surface area contributed by atoms with Crippen LogP contribution >= 0.6 is 0 Å². The standard InChI is InChI=1S/C18H27N7O5S/c1-12-17(25(27)28)14(3)24(21-12)9-7-19-18(26)15-6-5-8-23(11-15)31(29,30)16-10-20-22(4)13(16)2/h10,15H,5-9,11H2,1-4H3,(H,19,26)/t15-/m1/s1. The van der Waals surface area contributed by atoms with Crippen LogP contribution < -0.4 is 5.32 Å². The molecule has 3 heterocycles. The van der Waals surface area contributed by atoms with Gasteiger partial charge in [-0.2, -0.15) is 14.5 Å². The van der Waals surface area contributed by atoms with Gasteiger partial charge in [0.25, 0.3) is 0 Å². The molecule has 0 bridgehead atoms. The van der Waals surface area contributed by atoms with Crippen LogP contribution in [0, 0.1) is 36.8 Å². The molecule has 1 amide bonds. The van der Waals surface area contributed by atoms with E-state index in [4.69, 9.17) is 0 Å². The molecule has 0 spiro atoms. The first-order chi connectivity index (χ1) is 14.5. The van der Waals surface area contributed by atoms with Crippen molar-refractivity contribution in [3.63, 3.8) is 0 Å². The molecule has 2 aromatic heterocycles. The van der Waals surface area contributed by atoms with Gasteiger partial charge in [-0.3, -0.25) is 24.3 Å². The molecule has 0 aliphatic carbocycles. The van der Waals surface area contributed by atoms with Gasteiger partial charge in [-0.15, -0.1) is 0 Å². The first kappa shape index (κ1) is 22.9. The Morgan fingerprint density at radius 1 is 1.32 bits per heavy atom. The van der Waals surface area contributed by atoms with E-state index >= 15 is 0 Å². The molecule has 3 rings (SSSR count). The van der Waals surface area contributed by atoms with Crippen LogP contribution in [-0.4, -0.2) is 62.7 Å². The number of hydrogen-bond acceptors (Lipinski definition) is 7. The van der Waals surface area contributed by atoms with Crippen LogP contribution in [0.15, 0.2) is 11.1 Å². The number of hydrogen-bond donors (Lipinski definition) is 1. The Morgan fingerprint density at radius 3 is 2.61 bits per heavy atom. The van der Waals surface area contributed by atoms with Crippen molar-refractivity contribution in [2.45, 2.75) is 45.1 Å². The van der Waals surface area contributed by atoms with Crippen molar-refractivity contribution in [2.75, 3.05) is 19.6 Å². The summed E-state index contributed by atoms with van der Waals surface area (Å²) < 4.78 is 30.3. The summed E-state index contributed by atoms with van der Waals surface area (Å²) in [5.41, 5.74) is 1.28. The molecule has 0 radical (unpaired) electrons. The summed E-state index contributed by atoms with van der Waals surface area (Å²) in [6.45, 7) is 5.87. The highest BCUT2D eigenvalue weighted by atomic mass is 32.2. The summed E-state index contributed by atoms with van der Waals surface area (Å²) in [7, 11) is -2.05. The van der Waals surface area contributed by atoms with Crippen LogP contribution in [-0.2, 0) is 28.4 Å². The summed E-state index contributed by atoms with van der Waals surface area (Å²) in [5.74, 6) is -0.700. The molecule has 1 atom stereocenters. The fourth-order valence-electron chi connectivity index (χ4n) is 3.84. The molecule has 0 saturated carbocycles. The molecular weight excluding hydrogens is 426 g/mol. The minimum Gasteiger partial charge on any atom is -0.354 e. The van der Waals surface area contributed by atoms with Crippen molar-refractivity contribution in [1.29, 1.82) is 0 Å². The highest BCUT2D eigenvalue weighted by molar-refractivity contribution is 7.89. The molecule has 13 heteroatoms. The Labute approximate surface area is 180 Å². The third-order valence-corrected chi connectivity index (χ3v) is 7.68. The van der Waals surface area contributed by atoms with Crippen molar-refractivity contribution >= 4 is 21.6 Å². The Kier molecular flexibility index (Phi) is 6.46. The maximum atomic E-state index is 13.0. The molecule has 1 aliphatic rings. The van der Waals surface area contributed by atoms with Gasteiger partial charge in [0.2, 0.25) is 15.9 Å². The number of nitro groups is 1. The largest absolute Gasteiger partial charge is 0.354 e. The summed E-state index contributed by atoms with van der Waals surface area (Å²) in [6, 6.07) is 0. The monoisotopic (exact) mass is 453 g/mol. The maximum absolute atomic E-state index is 13.0. The average Bonchev–Trinajstić information content (AvgIpc) is 3.20. The van der Waals surface area contributed by atoms with Crippen molar-refractivity contribution in [2.24, 2.45) is 13.0 Å². The normalized spacial score (nSPS) is 17.6. The summed E-state index contributed by atoms with van der Waals surface area (Å²) in [5, 5.41) is 22.1.